The van der Waals surface area contributed by atoms with E-state index in [0.717, 1.165) is 6.20 Å². The van der Waals surface area contributed by atoms with E-state index in [0.29, 0.717) is 11.1 Å². The highest BCUT2D eigenvalue weighted by molar-refractivity contribution is 5.84. The molecule has 3 rings (SSSR count). The molecule has 23 heavy (non-hydrogen) atoms. The lowest BCUT2D eigenvalue weighted by atomic mass is 10.2. The number of aromatic nitrogens is 4. The number of methoxy groups -OCH3 is 1. The Labute approximate surface area is 128 Å². The van der Waals surface area contributed by atoms with Crippen molar-refractivity contribution in [2.45, 2.75) is 6.18 Å². The number of hydrogen-bond acceptors (Lipinski definition) is 6. The van der Waals surface area contributed by atoms with Crippen molar-refractivity contribution in [2.24, 2.45) is 0 Å². The molecular formula is C14H9F3N4O2. The summed E-state index contributed by atoms with van der Waals surface area (Å²) in [5.41, 5.74) is 0.110. The van der Waals surface area contributed by atoms with Crippen molar-refractivity contribution in [1.82, 2.24) is 19.9 Å². The van der Waals surface area contributed by atoms with Gasteiger partial charge in [-0.25, -0.2) is 9.97 Å². The third-order valence-corrected chi connectivity index (χ3v) is 2.88. The Hall–Kier alpha value is -2.97. The van der Waals surface area contributed by atoms with Crippen molar-refractivity contribution in [3.05, 3.63) is 42.6 Å². The minimum absolute atomic E-state index is 0.0261. The third kappa shape index (κ3) is 3.12. The van der Waals surface area contributed by atoms with Crippen LogP contribution in [0, 0.1) is 0 Å². The van der Waals surface area contributed by atoms with Crippen LogP contribution in [0.4, 0.5) is 13.2 Å². The summed E-state index contributed by atoms with van der Waals surface area (Å²) >= 11 is 0. The molecule has 0 spiro atoms. The van der Waals surface area contributed by atoms with Crippen LogP contribution in [0.2, 0.25) is 0 Å². The predicted octanol–water partition coefficient (Wildman–Crippen LogP) is 3.24. The van der Waals surface area contributed by atoms with E-state index in [9.17, 15) is 13.2 Å². The fourth-order valence-electron chi connectivity index (χ4n) is 1.81. The number of halogens is 3. The largest absolute Gasteiger partial charge is 0.494 e. The molecule has 2 aromatic heterocycles. The lowest BCUT2D eigenvalue weighted by Gasteiger charge is -2.09. The van der Waals surface area contributed by atoms with Crippen LogP contribution < -0.4 is 9.47 Å². The predicted molar refractivity (Wildman–Crippen MR) is 73.2 cm³/mol. The molecule has 0 amide bonds. The minimum atomic E-state index is -4.61. The Kier molecular flexibility index (Phi) is 3.68. The third-order valence-electron chi connectivity index (χ3n) is 2.88. The second kappa shape index (κ2) is 5.67. The van der Waals surface area contributed by atoms with E-state index in [-0.39, 0.29) is 17.3 Å². The highest BCUT2D eigenvalue weighted by atomic mass is 19.4. The molecule has 0 aliphatic carbocycles. The Morgan fingerprint density at radius 1 is 1.00 bits per heavy atom. The van der Waals surface area contributed by atoms with Crippen LogP contribution >= 0.6 is 0 Å². The normalized spacial score (nSPS) is 11.5. The van der Waals surface area contributed by atoms with Gasteiger partial charge in [0.05, 0.1) is 30.4 Å². The maximum Gasteiger partial charge on any atom is 0.451 e. The van der Waals surface area contributed by atoms with E-state index in [1.165, 1.54) is 31.6 Å². The lowest BCUT2D eigenvalue weighted by Crippen LogP contribution is -2.10. The maximum atomic E-state index is 12.6. The minimum Gasteiger partial charge on any atom is -0.494 e. The number of benzene rings is 1. The summed E-state index contributed by atoms with van der Waals surface area (Å²) in [6, 6.07) is 4.55. The fourth-order valence-corrected chi connectivity index (χ4v) is 1.81. The first-order chi connectivity index (χ1) is 11.0. The summed E-state index contributed by atoms with van der Waals surface area (Å²) in [5.74, 6) is -0.502. The van der Waals surface area contributed by atoms with Crippen LogP contribution in [0.25, 0.3) is 10.9 Å². The van der Waals surface area contributed by atoms with Crippen LogP contribution in [-0.4, -0.2) is 27.0 Å². The molecule has 0 saturated heterocycles. The summed E-state index contributed by atoms with van der Waals surface area (Å²) < 4.78 is 48.3. The SMILES string of the molecule is COc1cnc(Oc2cccc3nc(C(F)(F)F)ncc23)nc1. The molecule has 3 aromatic rings. The topological polar surface area (TPSA) is 70.0 Å². The van der Waals surface area contributed by atoms with Crippen LogP contribution in [0.15, 0.2) is 36.8 Å². The first kappa shape index (κ1) is 14.9. The molecule has 0 radical (unpaired) electrons. The van der Waals surface area contributed by atoms with Gasteiger partial charge in [0.2, 0.25) is 5.82 Å². The van der Waals surface area contributed by atoms with Crippen LogP contribution in [-0.2, 0) is 6.18 Å². The van der Waals surface area contributed by atoms with E-state index < -0.39 is 12.0 Å². The molecule has 2 heterocycles. The van der Waals surface area contributed by atoms with Crippen LogP contribution in [0.5, 0.6) is 17.5 Å². The van der Waals surface area contributed by atoms with Gasteiger partial charge in [-0.15, -0.1) is 0 Å². The average Bonchev–Trinajstić information content (AvgIpc) is 2.54. The summed E-state index contributed by atoms with van der Waals surface area (Å²) in [6.45, 7) is 0. The molecule has 0 saturated carbocycles. The summed E-state index contributed by atoms with van der Waals surface area (Å²) in [7, 11) is 1.47. The number of hydrogen-bond donors (Lipinski definition) is 0. The van der Waals surface area contributed by atoms with Gasteiger partial charge in [0.15, 0.2) is 5.75 Å². The monoisotopic (exact) mass is 322 g/mol. The Balaban J connectivity index is 1.97. The molecule has 0 unspecified atom stereocenters. The van der Waals surface area contributed by atoms with Crippen molar-refractivity contribution < 1.29 is 22.6 Å². The van der Waals surface area contributed by atoms with Crippen molar-refractivity contribution in [2.75, 3.05) is 7.11 Å². The molecule has 0 N–H and O–H groups in total. The molecule has 0 aliphatic heterocycles. The van der Waals surface area contributed by atoms with Crippen molar-refractivity contribution >= 4 is 10.9 Å². The standard InChI is InChI=1S/C14H9F3N4O2/c1-22-8-5-19-13(20-6-8)23-11-4-2-3-10-9(11)7-18-12(21-10)14(15,16)17/h2-7H,1H3. The molecule has 0 bridgehead atoms. The summed E-state index contributed by atoms with van der Waals surface area (Å²) in [5, 5.41) is 0.319. The molecule has 0 atom stereocenters. The summed E-state index contributed by atoms with van der Waals surface area (Å²) in [6.07, 6.45) is -0.731. The molecule has 0 aliphatic rings. The van der Waals surface area contributed by atoms with E-state index >= 15 is 0 Å². The van der Waals surface area contributed by atoms with Crippen molar-refractivity contribution in [1.29, 1.82) is 0 Å². The van der Waals surface area contributed by atoms with E-state index in [2.05, 4.69) is 19.9 Å². The Bertz CT molecular complexity index is 838. The zero-order chi connectivity index (χ0) is 16.4. The number of rotatable bonds is 3. The second-order valence-corrected chi connectivity index (χ2v) is 4.39. The molecule has 0 fully saturated rings. The fraction of sp³-hybridized carbons (Fsp3) is 0.143. The number of nitrogens with zero attached hydrogens (tertiary/aromatic N) is 4. The van der Waals surface area contributed by atoms with Crippen LogP contribution in [0.3, 0.4) is 0 Å². The van der Waals surface area contributed by atoms with Gasteiger partial charge in [-0.05, 0) is 12.1 Å². The van der Waals surface area contributed by atoms with Gasteiger partial charge in [-0.3, -0.25) is 0 Å². The van der Waals surface area contributed by atoms with E-state index in [4.69, 9.17) is 9.47 Å². The van der Waals surface area contributed by atoms with Gasteiger partial charge in [-0.2, -0.15) is 23.1 Å². The smallest absolute Gasteiger partial charge is 0.451 e. The molecule has 9 heteroatoms. The summed E-state index contributed by atoms with van der Waals surface area (Å²) in [4.78, 5) is 14.7. The molecule has 1 aromatic carbocycles. The first-order valence-electron chi connectivity index (χ1n) is 6.34. The zero-order valence-electron chi connectivity index (χ0n) is 11.7. The zero-order valence-corrected chi connectivity index (χ0v) is 11.7. The van der Waals surface area contributed by atoms with E-state index in [1.54, 1.807) is 6.07 Å². The molecule has 118 valence electrons. The Morgan fingerprint density at radius 2 is 1.74 bits per heavy atom. The number of alkyl halides is 3. The number of fused-ring (bicyclic) bond motifs is 1. The molecular weight excluding hydrogens is 313 g/mol. The highest BCUT2D eigenvalue weighted by Crippen LogP contribution is 2.31. The van der Waals surface area contributed by atoms with E-state index in [1.807, 2.05) is 0 Å². The van der Waals surface area contributed by atoms with Crippen molar-refractivity contribution in [3.8, 4) is 17.5 Å². The van der Waals surface area contributed by atoms with Gasteiger partial charge in [-0.1, -0.05) is 6.07 Å². The Morgan fingerprint density at radius 3 is 2.39 bits per heavy atom. The van der Waals surface area contributed by atoms with Gasteiger partial charge < -0.3 is 9.47 Å². The van der Waals surface area contributed by atoms with Gasteiger partial charge >= 0.3 is 12.2 Å². The quantitative estimate of drug-likeness (QED) is 0.737. The number of ether oxygens (including phenoxy) is 2. The first-order valence-corrected chi connectivity index (χ1v) is 6.34. The second-order valence-electron chi connectivity index (χ2n) is 4.39. The average molecular weight is 322 g/mol. The van der Waals surface area contributed by atoms with Gasteiger partial charge in [0.1, 0.15) is 5.75 Å². The van der Waals surface area contributed by atoms with Crippen molar-refractivity contribution in [3.63, 3.8) is 0 Å². The van der Waals surface area contributed by atoms with Gasteiger partial charge in [0, 0.05) is 6.20 Å². The maximum absolute atomic E-state index is 12.6. The molecule has 6 nitrogen and oxygen atoms in total. The lowest BCUT2D eigenvalue weighted by molar-refractivity contribution is -0.144. The van der Waals surface area contributed by atoms with Gasteiger partial charge in [0.25, 0.3) is 0 Å². The highest BCUT2D eigenvalue weighted by Gasteiger charge is 2.34. The van der Waals surface area contributed by atoms with Crippen LogP contribution in [0.1, 0.15) is 5.82 Å².